The van der Waals surface area contributed by atoms with Gasteiger partial charge in [-0.2, -0.15) is 0 Å². The second kappa shape index (κ2) is 5.52. The molecule has 2 fully saturated rings. The molecular formula is C14H22N2O4. The summed E-state index contributed by atoms with van der Waals surface area (Å²) in [6, 6.07) is 0. The van der Waals surface area contributed by atoms with Gasteiger partial charge < -0.3 is 15.4 Å². The van der Waals surface area contributed by atoms with Crippen molar-refractivity contribution in [2.75, 3.05) is 13.7 Å². The van der Waals surface area contributed by atoms with Gasteiger partial charge in [-0.1, -0.05) is 6.92 Å². The highest BCUT2D eigenvalue weighted by Gasteiger charge is 2.42. The number of nitrogens with two attached hydrogens (primary N) is 1. The molecule has 112 valence electrons. The van der Waals surface area contributed by atoms with Crippen LogP contribution in [0.25, 0.3) is 0 Å². The maximum Gasteiger partial charge on any atom is 0.227 e. The summed E-state index contributed by atoms with van der Waals surface area (Å²) < 4.78 is 5.31. The Morgan fingerprint density at radius 1 is 1.50 bits per heavy atom. The minimum Gasteiger partial charge on any atom is -0.370 e. The Balaban J connectivity index is 1.94. The van der Waals surface area contributed by atoms with E-state index >= 15 is 0 Å². The van der Waals surface area contributed by atoms with Crippen LogP contribution >= 0.6 is 0 Å². The lowest BCUT2D eigenvalue weighted by Gasteiger charge is -2.27. The van der Waals surface area contributed by atoms with Crippen LogP contribution in [-0.2, 0) is 19.1 Å². The number of hydrogen-bond donors (Lipinski definition) is 1. The van der Waals surface area contributed by atoms with E-state index in [1.807, 2.05) is 6.92 Å². The second-order valence-electron chi connectivity index (χ2n) is 6.35. The molecule has 2 aliphatic rings. The van der Waals surface area contributed by atoms with E-state index in [4.69, 9.17) is 10.5 Å². The van der Waals surface area contributed by atoms with E-state index in [-0.39, 0.29) is 42.0 Å². The molecule has 3 atom stereocenters. The third-order valence-electron chi connectivity index (χ3n) is 4.40. The highest BCUT2D eigenvalue weighted by atomic mass is 16.5. The first-order chi connectivity index (χ1) is 9.31. The van der Waals surface area contributed by atoms with Gasteiger partial charge in [-0.15, -0.1) is 0 Å². The second-order valence-corrected chi connectivity index (χ2v) is 6.35. The highest BCUT2D eigenvalue weighted by molar-refractivity contribution is 5.84. The zero-order valence-electron chi connectivity index (χ0n) is 12.1. The standard InChI is InChI=1S/C14H22N2O4/c1-14(7-11(15)18)4-3-9(6-14)13(19)16(2)12-5-10(17)8-20-12/h9,12H,3-8H2,1-2H3,(H2,15,18)/t9-,12-,14-/m0/s1. The van der Waals surface area contributed by atoms with Gasteiger partial charge in [0.1, 0.15) is 12.8 Å². The van der Waals surface area contributed by atoms with Gasteiger partial charge in [0, 0.05) is 19.4 Å². The molecule has 6 nitrogen and oxygen atoms in total. The molecule has 1 saturated heterocycles. The minimum atomic E-state index is -0.432. The van der Waals surface area contributed by atoms with Crippen molar-refractivity contribution in [2.24, 2.45) is 17.1 Å². The molecular weight excluding hydrogens is 260 g/mol. The molecule has 0 aromatic rings. The molecule has 1 aliphatic heterocycles. The zero-order chi connectivity index (χ0) is 14.9. The SMILES string of the molecule is CN(C(=O)[C@H]1CC[C@](C)(CC(N)=O)C1)[C@@H]1CC(=O)CO1. The number of ketones is 1. The monoisotopic (exact) mass is 282 g/mol. The first-order valence-corrected chi connectivity index (χ1v) is 6.99. The normalized spacial score (nSPS) is 33.4. The molecule has 0 radical (unpaired) electrons. The van der Waals surface area contributed by atoms with Crippen molar-refractivity contribution < 1.29 is 19.1 Å². The van der Waals surface area contributed by atoms with Crippen LogP contribution in [0.5, 0.6) is 0 Å². The van der Waals surface area contributed by atoms with Gasteiger partial charge in [-0.3, -0.25) is 14.4 Å². The lowest BCUT2D eigenvalue weighted by Crippen LogP contribution is -2.40. The number of carbonyl (C=O) groups is 3. The van der Waals surface area contributed by atoms with Crippen LogP contribution < -0.4 is 5.73 Å². The Morgan fingerprint density at radius 3 is 2.75 bits per heavy atom. The zero-order valence-corrected chi connectivity index (χ0v) is 12.1. The van der Waals surface area contributed by atoms with Crippen molar-refractivity contribution in [2.45, 2.75) is 45.3 Å². The molecule has 0 aromatic heterocycles. The number of primary amides is 1. The molecule has 1 aliphatic carbocycles. The first-order valence-electron chi connectivity index (χ1n) is 6.99. The van der Waals surface area contributed by atoms with E-state index in [1.165, 1.54) is 4.90 Å². The number of hydrogen-bond acceptors (Lipinski definition) is 4. The Hall–Kier alpha value is -1.43. The van der Waals surface area contributed by atoms with Gasteiger partial charge in [-0.05, 0) is 24.7 Å². The van der Waals surface area contributed by atoms with Gasteiger partial charge in [0.2, 0.25) is 11.8 Å². The summed E-state index contributed by atoms with van der Waals surface area (Å²) in [5.41, 5.74) is 5.08. The lowest BCUT2D eigenvalue weighted by atomic mass is 9.84. The fourth-order valence-corrected chi connectivity index (χ4v) is 3.29. The summed E-state index contributed by atoms with van der Waals surface area (Å²) in [5.74, 6) is -0.403. The van der Waals surface area contributed by atoms with Gasteiger partial charge >= 0.3 is 0 Å². The summed E-state index contributed by atoms with van der Waals surface area (Å²) in [4.78, 5) is 36.3. The molecule has 2 amide bonds. The molecule has 0 bridgehead atoms. The van der Waals surface area contributed by atoms with Gasteiger partial charge in [-0.25, -0.2) is 0 Å². The van der Waals surface area contributed by atoms with Crippen LogP contribution in [0, 0.1) is 11.3 Å². The average Bonchev–Trinajstić information content (AvgIpc) is 2.93. The fourth-order valence-electron chi connectivity index (χ4n) is 3.29. The number of ether oxygens (including phenoxy) is 1. The number of rotatable bonds is 4. The van der Waals surface area contributed by atoms with E-state index in [0.717, 1.165) is 12.8 Å². The molecule has 20 heavy (non-hydrogen) atoms. The van der Waals surface area contributed by atoms with Crippen molar-refractivity contribution >= 4 is 17.6 Å². The first kappa shape index (κ1) is 15.0. The van der Waals surface area contributed by atoms with Crippen molar-refractivity contribution in [3.05, 3.63) is 0 Å². The van der Waals surface area contributed by atoms with E-state index in [1.54, 1.807) is 7.05 Å². The molecule has 2 rings (SSSR count). The number of Topliss-reactive ketones (excluding diaryl/α,β-unsaturated/α-hetero) is 1. The Kier molecular flexibility index (Phi) is 4.13. The predicted molar refractivity (Wildman–Crippen MR) is 71.4 cm³/mol. The number of carbonyl (C=O) groups excluding carboxylic acids is 3. The quantitative estimate of drug-likeness (QED) is 0.810. The summed E-state index contributed by atoms with van der Waals surface area (Å²) in [7, 11) is 1.68. The van der Waals surface area contributed by atoms with Crippen LogP contribution in [0.3, 0.4) is 0 Å². The molecule has 0 aromatic carbocycles. The third-order valence-corrected chi connectivity index (χ3v) is 4.40. The van der Waals surface area contributed by atoms with Gasteiger partial charge in [0.05, 0.1) is 6.42 Å². The van der Waals surface area contributed by atoms with Crippen molar-refractivity contribution in [3.8, 4) is 0 Å². The molecule has 0 spiro atoms. The number of nitrogens with zero attached hydrogens (tertiary/aromatic N) is 1. The lowest BCUT2D eigenvalue weighted by molar-refractivity contribution is -0.144. The van der Waals surface area contributed by atoms with Crippen LogP contribution in [0.2, 0.25) is 0 Å². The largest absolute Gasteiger partial charge is 0.370 e. The summed E-state index contributed by atoms with van der Waals surface area (Å²) in [6.07, 6.45) is 2.41. The van der Waals surface area contributed by atoms with Crippen molar-refractivity contribution in [3.63, 3.8) is 0 Å². The van der Waals surface area contributed by atoms with E-state index < -0.39 is 6.23 Å². The average molecular weight is 282 g/mol. The molecule has 6 heteroatoms. The summed E-state index contributed by atoms with van der Waals surface area (Å²) in [5, 5.41) is 0. The van der Waals surface area contributed by atoms with Crippen LogP contribution in [0.4, 0.5) is 0 Å². The van der Waals surface area contributed by atoms with E-state index in [9.17, 15) is 14.4 Å². The maximum absolute atomic E-state index is 12.4. The topological polar surface area (TPSA) is 89.7 Å². The predicted octanol–water partition coefficient (Wildman–Crippen LogP) is 0.442. The van der Waals surface area contributed by atoms with Crippen LogP contribution in [-0.4, -0.2) is 42.4 Å². The summed E-state index contributed by atoms with van der Waals surface area (Å²) in [6.45, 7) is 2.09. The van der Waals surface area contributed by atoms with E-state index in [2.05, 4.69) is 0 Å². The molecule has 0 unspecified atom stereocenters. The Labute approximate surface area is 118 Å². The maximum atomic E-state index is 12.4. The third kappa shape index (κ3) is 3.17. The van der Waals surface area contributed by atoms with Crippen molar-refractivity contribution in [1.82, 2.24) is 4.90 Å². The molecule has 1 saturated carbocycles. The number of amides is 2. The summed E-state index contributed by atoms with van der Waals surface area (Å²) >= 11 is 0. The van der Waals surface area contributed by atoms with Crippen LogP contribution in [0.15, 0.2) is 0 Å². The Morgan fingerprint density at radius 2 is 2.20 bits per heavy atom. The van der Waals surface area contributed by atoms with E-state index in [0.29, 0.717) is 12.8 Å². The van der Waals surface area contributed by atoms with Crippen molar-refractivity contribution in [1.29, 1.82) is 0 Å². The molecule has 1 heterocycles. The Bertz CT molecular complexity index is 437. The van der Waals surface area contributed by atoms with Gasteiger partial charge in [0.25, 0.3) is 0 Å². The van der Waals surface area contributed by atoms with Crippen LogP contribution in [0.1, 0.15) is 39.0 Å². The highest BCUT2D eigenvalue weighted by Crippen LogP contribution is 2.44. The fraction of sp³-hybridized carbons (Fsp3) is 0.786. The molecule has 2 N–H and O–H groups in total. The minimum absolute atomic E-state index is 0.00195. The van der Waals surface area contributed by atoms with Gasteiger partial charge in [0.15, 0.2) is 5.78 Å². The smallest absolute Gasteiger partial charge is 0.227 e.